The number of hydrogen-bond acceptors (Lipinski definition) is 6. The van der Waals surface area contributed by atoms with Crippen LogP contribution in [0.1, 0.15) is 63.8 Å². The number of aromatic nitrogens is 1. The first kappa shape index (κ1) is 27.5. The lowest BCUT2D eigenvalue weighted by Gasteiger charge is -2.31. The van der Waals surface area contributed by atoms with Gasteiger partial charge in [0.15, 0.2) is 16.4 Å². The summed E-state index contributed by atoms with van der Waals surface area (Å²) in [6, 6.07) is 10.9. The summed E-state index contributed by atoms with van der Waals surface area (Å²) in [6.07, 6.45) is 4.60. The molecule has 1 aliphatic rings. The van der Waals surface area contributed by atoms with Crippen molar-refractivity contribution in [3.63, 3.8) is 0 Å². The van der Waals surface area contributed by atoms with E-state index in [0.29, 0.717) is 30.6 Å². The molecular formula is C29H33N3O5S. The highest BCUT2D eigenvalue weighted by Crippen LogP contribution is 2.30. The van der Waals surface area contributed by atoms with Gasteiger partial charge in [0.1, 0.15) is 5.69 Å². The Bertz CT molecular complexity index is 1500. The fourth-order valence-corrected chi connectivity index (χ4v) is 6.75. The number of carbonyl (C=O) groups excluding carboxylic acids is 2. The van der Waals surface area contributed by atoms with Crippen molar-refractivity contribution in [1.29, 1.82) is 0 Å². The zero-order chi connectivity index (χ0) is 27.6. The number of ketones is 1. The van der Waals surface area contributed by atoms with E-state index in [1.807, 2.05) is 26.8 Å². The van der Waals surface area contributed by atoms with Crippen molar-refractivity contribution >= 4 is 39.6 Å². The van der Waals surface area contributed by atoms with Gasteiger partial charge in [0.25, 0.3) is 0 Å². The third kappa shape index (κ3) is 5.79. The molecule has 0 saturated carbocycles. The number of carbonyl (C=O) groups is 2. The molecule has 8 nitrogen and oxygen atoms in total. The highest BCUT2D eigenvalue weighted by atomic mass is 32.2. The number of nitrogens with one attached hydrogen (secondary N) is 1. The topological polar surface area (TPSA) is 110 Å². The maximum atomic E-state index is 13.7. The number of Topliss-reactive ketones (excluding diaryl/α,β-unsaturated/α-hetero) is 1. The monoisotopic (exact) mass is 535 g/mol. The van der Waals surface area contributed by atoms with Gasteiger partial charge in [0, 0.05) is 24.3 Å². The average Bonchev–Trinajstić information content (AvgIpc) is 3.24. The molecule has 2 aromatic carbocycles. The quantitative estimate of drug-likeness (QED) is 0.410. The molecule has 1 saturated heterocycles. The van der Waals surface area contributed by atoms with Gasteiger partial charge in [-0.3, -0.25) is 9.59 Å². The predicted octanol–water partition coefficient (Wildman–Crippen LogP) is 5.32. The summed E-state index contributed by atoms with van der Waals surface area (Å²) >= 11 is 0. The van der Waals surface area contributed by atoms with E-state index < -0.39 is 15.9 Å². The number of anilines is 1. The first-order valence-corrected chi connectivity index (χ1v) is 14.1. The normalized spacial score (nSPS) is 16.6. The van der Waals surface area contributed by atoms with Crippen molar-refractivity contribution in [1.82, 2.24) is 9.46 Å². The molecule has 1 atom stereocenters. The van der Waals surface area contributed by atoms with Gasteiger partial charge in [-0.2, -0.15) is 4.31 Å². The summed E-state index contributed by atoms with van der Waals surface area (Å²) in [5.74, 6) is -0.748. The van der Waals surface area contributed by atoms with E-state index in [4.69, 9.17) is 4.52 Å². The summed E-state index contributed by atoms with van der Waals surface area (Å²) < 4.78 is 34.3. The van der Waals surface area contributed by atoms with Crippen LogP contribution in [-0.2, 0) is 14.8 Å². The Morgan fingerprint density at radius 3 is 2.47 bits per heavy atom. The Labute approximate surface area is 223 Å². The van der Waals surface area contributed by atoms with Crippen LogP contribution in [0, 0.1) is 33.6 Å². The number of aryl methyl sites for hydroxylation is 4. The van der Waals surface area contributed by atoms with Crippen molar-refractivity contribution in [2.75, 3.05) is 18.4 Å². The Kier molecular flexibility index (Phi) is 7.99. The van der Waals surface area contributed by atoms with Crippen molar-refractivity contribution in [2.45, 2.75) is 52.4 Å². The summed E-state index contributed by atoms with van der Waals surface area (Å²) in [5.41, 5.74) is 5.59. The molecule has 200 valence electrons. The summed E-state index contributed by atoms with van der Waals surface area (Å²) in [4.78, 5) is 24.7. The van der Waals surface area contributed by atoms with E-state index in [0.717, 1.165) is 22.3 Å². The summed E-state index contributed by atoms with van der Waals surface area (Å²) in [6.45, 7) is 9.47. The van der Waals surface area contributed by atoms with E-state index in [-0.39, 0.29) is 34.6 Å². The lowest BCUT2D eigenvalue weighted by atomic mass is 9.98. The zero-order valence-electron chi connectivity index (χ0n) is 22.4. The lowest BCUT2D eigenvalue weighted by molar-refractivity contribution is -0.120. The van der Waals surface area contributed by atoms with Crippen LogP contribution in [0.4, 0.5) is 5.69 Å². The minimum absolute atomic E-state index is 0.0198. The van der Waals surface area contributed by atoms with Crippen LogP contribution in [0.5, 0.6) is 0 Å². The van der Waals surface area contributed by atoms with Crippen LogP contribution in [-0.4, -0.2) is 42.7 Å². The largest absolute Gasteiger partial charge is 0.355 e. The van der Waals surface area contributed by atoms with Crippen molar-refractivity contribution in [3.8, 4) is 0 Å². The van der Waals surface area contributed by atoms with Crippen LogP contribution >= 0.6 is 0 Å². The van der Waals surface area contributed by atoms with Crippen LogP contribution in [0.15, 0.2) is 45.8 Å². The molecular weight excluding hydrogens is 502 g/mol. The number of amides is 1. The van der Waals surface area contributed by atoms with Gasteiger partial charge in [0.05, 0.1) is 5.92 Å². The summed E-state index contributed by atoms with van der Waals surface area (Å²) in [7, 11) is -3.97. The molecule has 0 spiro atoms. The first-order valence-electron chi connectivity index (χ1n) is 12.6. The molecule has 1 aromatic heterocycles. The van der Waals surface area contributed by atoms with E-state index in [1.165, 1.54) is 11.2 Å². The van der Waals surface area contributed by atoms with E-state index >= 15 is 0 Å². The predicted molar refractivity (Wildman–Crippen MR) is 147 cm³/mol. The molecule has 4 rings (SSSR count). The Balaban J connectivity index is 1.55. The van der Waals surface area contributed by atoms with Crippen molar-refractivity contribution in [3.05, 3.63) is 75.7 Å². The van der Waals surface area contributed by atoms with Gasteiger partial charge >= 0.3 is 0 Å². The van der Waals surface area contributed by atoms with Gasteiger partial charge < -0.3 is 9.84 Å². The number of benzene rings is 2. The first-order chi connectivity index (χ1) is 18.0. The van der Waals surface area contributed by atoms with Crippen molar-refractivity contribution < 1.29 is 22.5 Å². The maximum Gasteiger partial charge on any atom is 0.248 e. The van der Waals surface area contributed by atoms with Gasteiger partial charge in [-0.25, -0.2) is 8.42 Å². The molecule has 1 unspecified atom stereocenters. The van der Waals surface area contributed by atoms with Crippen LogP contribution in [0.3, 0.4) is 0 Å². The third-order valence-corrected chi connectivity index (χ3v) is 8.89. The molecule has 9 heteroatoms. The Morgan fingerprint density at radius 2 is 1.79 bits per heavy atom. The number of nitrogens with zero attached hydrogens (tertiary/aromatic N) is 2. The number of piperidine rings is 1. The fraction of sp³-hybridized carbons (Fsp3) is 0.345. The van der Waals surface area contributed by atoms with Crippen LogP contribution in [0.2, 0.25) is 0 Å². The van der Waals surface area contributed by atoms with Crippen LogP contribution in [0.25, 0.3) is 12.2 Å². The third-order valence-electron chi connectivity index (χ3n) is 6.86. The average molecular weight is 536 g/mol. The smallest absolute Gasteiger partial charge is 0.248 e. The Hall–Kier alpha value is -3.56. The van der Waals surface area contributed by atoms with Gasteiger partial charge in [-0.1, -0.05) is 41.1 Å². The molecule has 1 fully saturated rings. The van der Waals surface area contributed by atoms with Crippen LogP contribution < -0.4 is 5.32 Å². The number of hydrogen-bond donors (Lipinski definition) is 1. The zero-order valence-corrected chi connectivity index (χ0v) is 23.2. The molecule has 0 radical (unpaired) electrons. The van der Waals surface area contributed by atoms with E-state index in [1.54, 1.807) is 37.3 Å². The fourth-order valence-electron chi connectivity index (χ4n) is 4.98. The van der Waals surface area contributed by atoms with Gasteiger partial charge in [-0.15, -0.1) is 0 Å². The second-order valence-electron chi connectivity index (χ2n) is 9.94. The second kappa shape index (κ2) is 11.0. The minimum atomic E-state index is -3.97. The molecule has 3 aromatic rings. The van der Waals surface area contributed by atoms with Crippen molar-refractivity contribution in [2.24, 2.45) is 5.92 Å². The minimum Gasteiger partial charge on any atom is -0.355 e. The highest BCUT2D eigenvalue weighted by molar-refractivity contribution is 7.89. The SMILES string of the molecule is CC(=O)c1cccc(NC(=O)C2CCCN(S(=O)(=O)c3c(C)noc3C=Cc3c(C)cc(C)cc3C)C2)c1. The molecule has 1 N–H and O–H groups in total. The molecule has 0 aliphatic carbocycles. The van der Waals surface area contributed by atoms with E-state index in [9.17, 15) is 18.0 Å². The molecule has 1 amide bonds. The maximum absolute atomic E-state index is 13.7. The van der Waals surface area contributed by atoms with Gasteiger partial charge in [-0.05, 0) is 82.4 Å². The summed E-state index contributed by atoms with van der Waals surface area (Å²) in [5, 5.41) is 6.78. The molecule has 2 heterocycles. The molecule has 1 aliphatic heterocycles. The molecule has 0 bridgehead atoms. The molecule has 38 heavy (non-hydrogen) atoms. The second-order valence-corrected chi connectivity index (χ2v) is 11.8. The van der Waals surface area contributed by atoms with E-state index in [2.05, 4.69) is 22.6 Å². The number of sulfonamides is 1. The Morgan fingerprint density at radius 1 is 1.08 bits per heavy atom. The highest BCUT2D eigenvalue weighted by Gasteiger charge is 2.37. The van der Waals surface area contributed by atoms with Gasteiger partial charge in [0.2, 0.25) is 15.9 Å². The standard InChI is InChI=1S/C29H33N3O5S/c1-18-14-19(2)26(20(3)15-18)11-12-27-28(21(4)31-37-27)38(35,36)32-13-7-9-24(17-32)29(34)30-25-10-6-8-23(16-25)22(5)33/h6,8,10-12,14-16,24H,7,9,13,17H2,1-5H3,(H,30,34). The number of rotatable bonds is 7. The lowest BCUT2D eigenvalue weighted by Crippen LogP contribution is -2.43.